The van der Waals surface area contributed by atoms with Crippen LogP contribution >= 0.6 is 0 Å². The van der Waals surface area contributed by atoms with E-state index in [4.69, 9.17) is 4.74 Å². The number of nitrogens with one attached hydrogen (secondary N) is 2. The van der Waals surface area contributed by atoms with Gasteiger partial charge in [0.25, 0.3) is 0 Å². The average Bonchev–Trinajstić information content (AvgIpc) is 2.36. The van der Waals surface area contributed by atoms with Gasteiger partial charge >= 0.3 is 6.03 Å². The molecule has 0 atom stereocenters. The van der Waals surface area contributed by atoms with Crippen molar-refractivity contribution in [1.82, 2.24) is 0 Å². The Morgan fingerprint density at radius 2 is 1.59 bits per heavy atom. The fraction of sp³-hybridized carbons (Fsp3) is 0.278. The second kappa shape index (κ2) is 6.98. The van der Waals surface area contributed by atoms with Crippen LogP contribution in [-0.4, -0.2) is 12.1 Å². The summed E-state index contributed by atoms with van der Waals surface area (Å²) in [5, 5.41) is 5.65. The number of rotatable bonds is 4. The number of hydrogen-bond donors (Lipinski definition) is 2. The number of benzene rings is 2. The summed E-state index contributed by atoms with van der Waals surface area (Å²) in [5.41, 5.74) is 3.70. The molecule has 2 rings (SSSR count). The maximum atomic E-state index is 12.1. The maximum absolute atomic E-state index is 12.1. The summed E-state index contributed by atoms with van der Waals surface area (Å²) in [7, 11) is 0. The van der Waals surface area contributed by atoms with Gasteiger partial charge in [0, 0.05) is 17.4 Å². The number of urea groups is 1. The molecule has 4 nitrogen and oxygen atoms in total. The first-order valence-corrected chi connectivity index (χ1v) is 7.35. The fourth-order valence-electron chi connectivity index (χ4n) is 2.26. The molecular weight excluding hydrogens is 276 g/mol. The fourth-order valence-corrected chi connectivity index (χ4v) is 2.26. The van der Waals surface area contributed by atoms with E-state index < -0.39 is 0 Å². The molecule has 0 fully saturated rings. The molecule has 0 bridgehead atoms. The van der Waals surface area contributed by atoms with Crippen molar-refractivity contribution in [3.63, 3.8) is 0 Å². The zero-order chi connectivity index (χ0) is 16.1. The molecule has 4 heteroatoms. The van der Waals surface area contributed by atoms with Gasteiger partial charge in [0.05, 0.1) is 6.10 Å². The Bertz CT molecular complexity index is 646. The van der Waals surface area contributed by atoms with Crippen molar-refractivity contribution in [2.75, 3.05) is 10.6 Å². The minimum Gasteiger partial charge on any atom is -0.491 e. The van der Waals surface area contributed by atoms with Gasteiger partial charge in [-0.15, -0.1) is 0 Å². The normalized spacial score (nSPS) is 10.4. The first-order chi connectivity index (χ1) is 10.4. The molecule has 0 aliphatic carbocycles. The Morgan fingerprint density at radius 3 is 2.23 bits per heavy atom. The van der Waals surface area contributed by atoms with E-state index in [0.717, 1.165) is 22.6 Å². The van der Waals surface area contributed by atoms with E-state index in [2.05, 4.69) is 16.7 Å². The highest BCUT2D eigenvalue weighted by atomic mass is 16.5. The molecule has 0 aliphatic heterocycles. The van der Waals surface area contributed by atoms with Crippen molar-refractivity contribution in [2.24, 2.45) is 0 Å². The highest BCUT2D eigenvalue weighted by Gasteiger charge is 2.05. The number of ether oxygens (including phenoxy) is 1. The van der Waals surface area contributed by atoms with E-state index in [-0.39, 0.29) is 12.1 Å². The lowest BCUT2D eigenvalue weighted by Gasteiger charge is -2.12. The van der Waals surface area contributed by atoms with E-state index in [1.165, 1.54) is 0 Å². The lowest BCUT2D eigenvalue weighted by atomic mass is 10.1. The molecule has 22 heavy (non-hydrogen) atoms. The number of hydrogen-bond acceptors (Lipinski definition) is 2. The summed E-state index contributed by atoms with van der Waals surface area (Å²) < 4.78 is 5.61. The van der Waals surface area contributed by atoms with Gasteiger partial charge in [0.15, 0.2) is 0 Å². The van der Waals surface area contributed by atoms with Crippen molar-refractivity contribution in [3.05, 3.63) is 53.6 Å². The highest BCUT2D eigenvalue weighted by molar-refractivity contribution is 5.99. The molecule has 2 aromatic rings. The predicted molar refractivity (Wildman–Crippen MR) is 90.8 cm³/mol. The predicted octanol–water partition coefficient (Wildman–Crippen LogP) is 4.73. The van der Waals surface area contributed by atoms with Gasteiger partial charge in [0.2, 0.25) is 0 Å². The number of carbonyl (C=O) groups is 1. The summed E-state index contributed by atoms with van der Waals surface area (Å²) >= 11 is 0. The molecule has 116 valence electrons. The van der Waals surface area contributed by atoms with Crippen molar-refractivity contribution >= 4 is 17.4 Å². The Balaban J connectivity index is 2.02. The molecule has 0 heterocycles. The van der Waals surface area contributed by atoms with Crippen LogP contribution in [0, 0.1) is 13.8 Å². The van der Waals surface area contributed by atoms with Gasteiger partial charge in [0.1, 0.15) is 5.75 Å². The zero-order valence-corrected chi connectivity index (χ0v) is 13.4. The molecule has 0 aliphatic rings. The van der Waals surface area contributed by atoms with Crippen LogP contribution in [0.3, 0.4) is 0 Å². The van der Waals surface area contributed by atoms with Crippen LogP contribution in [0.5, 0.6) is 5.75 Å². The molecule has 2 amide bonds. The minimum absolute atomic E-state index is 0.0966. The maximum Gasteiger partial charge on any atom is 0.323 e. The first kappa shape index (κ1) is 15.9. The van der Waals surface area contributed by atoms with Crippen molar-refractivity contribution < 1.29 is 9.53 Å². The van der Waals surface area contributed by atoms with Crippen molar-refractivity contribution in [2.45, 2.75) is 33.8 Å². The summed E-state index contributed by atoms with van der Waals surface area (Å²) in [5.74, 6) is 0.735. The van der Waals surface area contributed by atoms with Crippen molar-refractivity contribution in [1.29, 1.82) is 0 Å². The Morgan fingerprint density at radius 1 is 0.955 bits per heavy atom. The molecule has 0 saturated heterocycles. The third-order valence-corrected chi connectivity index (χ3v) is 2.94. The topological polar surface area (TPSA) is 50.4 Å². The smallest absolute Gasteiger partial charge is 0.323 e. The van der Waals surface area contributed by atoms with Gasteiger partial charge in [-0.25, -0.2) is 4.79 Å². The zero-order valence-electron chi connectivity index (χ0n) is 13.4. The summed E-state index contributed by atoms with van der Waals surface area (Å²) in [4.78, 5) is 12.1. The van der Waals surface area contributed by atoms with Crippen molar-refractivity contribution in [3.8, 4) is 5.75 Å². The van der Waals surface area contributed by atoms with Crippen LogP contribution in [0.2, 0.25) is 0 Å². The molecule has 0 radical (unpaired) electrons. The van der Waals surface area contributed by atoms with E-state index in [1.807, 2.05) is 58.0 Å². The first-order valence-electron chi connectivity index (χ1n) is 7.35. The number of aryl methyl sites for hydroxylation is 2. The Labute approximate surface area is 131 Å². The minimum atomic E-state index is -0.272. The van der Waals surface area contributed by atoms with E-state index in [1.54, 1.807) is 6.07 Å². The van der Waals surface area contributed by atoms with Gasteiger partial charge in [-0.05, 0) is 63.1 Å². The number of anilines is 2. The summed E-state index contributed by atoms with van der Waals surface area (Å²) in [6, 6.07) is 13.0. The molecular formula is C18H22N2O2. The van der Waals surface area contributed by atoms with Gasteiger partial charge in [-0.2, -0.15) is 0 Å². The van der Waals surface area contributed by atoms with E-state index in [0.29, 0.717) is 5.69 Å². The quantitative estimate of drug-likeness (QED) is 0.857. The number of carbonyl (C=O) groups excluding carboxylic acids is 1. The summed E-state index contributed by atoms with van der Waals surface area (Å²) in [6.45, 7) is 7.94. The van der Waals surface area contributed by atoms with Crippen LogP contribution in [0.25, 0.3) is 0 Å². The van der Waals surface area contributed by atoms with Crippen LogP contribution in [0.15, 0.2) is 42.5 Å². The molecule has 0 spiro atoms. The summed E-state index contributed by atoms with van der Waals surface area (Å²) in [6.07, 6.45) is 0.0966. The van der Waals surface area contributed by atoms with Crippen LogP contribution in [-0.2, 0) is 0 Å². The second-order valence-electron chi connectivity index (χ2n) is 5.65. The molecule has 0 saturated carbocycles. The van der Waals surface area contributed by atoms with Gasteiger partial charge in [-0.1, -0.05) is 12.1 Å². The SMILES string of the molecule is Cc1cc(C)cc(NC(=O)Nc2cccc(OC(C)C)c2)c1. The van der Waals surface area contributed by atoms with Gasteiger partial charge in [-0.3, -0.25) is 0 Å². The monoisotopic (exact) mass is 298 g/mol. The Hall–Kier alpha value is -2.49. The average molecular weight is 298 g/mol. The molecule has 2 N–H and O–H groups in total. The standard InChI is InChI=1S/C18H22N2O2/c1-12(2)22-17-7-5-6-15(11-17)19-18(21)20-16-9-13(3)8-14(4)10-16/h5-12H,1-4H3,(H2,19,20,21). The highest BCUT2D eigenvalue weighted by Crippen LogP contribution is 2.19. The molecule has 2 aromatic carbocycles. The Kier molecular flexibility index (Phi) is 5.04. The second-order valence-corrected chi connectivity index (χ2v) is 5.65. The lowest BCUT2D eigenvalue weighted by molar-refractivity contribution is 0.242. The third-order valence-electron chi connectivity index (χ3n) is 2.94. The van der Waals surface area contributed by atoms with Crippen LogP contribution < -0.4 is 15.4 Å². The third kappa shape index (κ3) is 4.81. The largest absolute Gasteiger partial charge is 0.491 e. The van der Waals surface area contributed by atoms with E-state index in [9.17, 15) is 4.79 Å². The van der Waals surface area contributed by atoms with Crippen LogP contribution in [0.4, 0.5) is 16.2 Å². The molecule has 0 aromatic heterocycles. The van der Waals surface area contributed by atoms with Gasteiger partial charge < -0.3 is 15.4 Å². The number of amides is 2. The molecule has 0 unspecified atom stereocenters. The van der Waals surface area contributed by atoms with Crippen LogP contribution in [0.1, 0.15) is 25.0 Å². The van der Waals surface area contributed by atoms with E-state index >= 15 is 0 Å². The lowest BCUT2D eigenvalue weighted by Crippen LogP contribution is -2.19.